The summed E-state index contributed by atoms with van der Waals surface area (Å²) in [4.78, 5) is 28.9. The van der Waals surface area contributed by atoms with Crippen LogP contribution >= 0.6 is 22.9 Å². The van der Waals surface area contributed by atoms with Gasteiger partial charge < -0.3 is 15.0 Å². The molecular weight excluding hydrogens is 408 g/mol. The number of hydrogen-bond donors (Lipinski definition) is 1. The Labute approximate surface area is 181 Å². The first-order chi connectivity index (χ1) is 14.1. The highest BCUT2D eigenvalue weighted by Gasteiger charge is 2.33. The number of halogens is 1. The molecule has 1 fully saturated rings. The van der Waals surface area contributed by atoms with E-state index in [1.807, 2.05) is 23.6 Å². The van der Waals surface area contributed by atoms with Crippen LogP contribution in [0.15, 0.2) is 41.8 Å². The molecule has 2 aromatic rings. The van der Waals surface area contributed by atoms with Crippen LogP contribution in [0.25, 0.3) is 0 Å². The van der Waals surface area contributed by atoms with E-state index in [0.29, 0.717) is 23.1 Å². The van der Waals surface area contributed by atoms with Crippen molar-refractivity contribution < 1.29 is 14.3 Å². The molecule has 3 rings (SSSR count). The van der Waals surface area contributed by atoms with Crippen LogP contribution in [0.2, 0.25) is 5.02 Å². The molecule has 1 unspecified atom stereocenters. The van der Waals surface area contributed by atoms with Crippen LogP contribution in [0.4, 0.5) is 0 Å². The van der Waals surface area contributed by atoms with E-state index in [0.717, 1.165) is 31.2 Å². The predicted octanol–water partition coefficient (Wildman–Crippen LogP) is 4.68. The Morgan fingerprint density at radius 1 is 1.21 bits per heavy atom. The van der Waals surface area contributed by atoms with Gasteiger partial charge in [-0.2, -0.15) is 0 Å². The van der Waals surface area contributed by atoms with E-state index >= 15 is 0 Å². The number of hydrogen-bond acceptors (Lipinski definition) is 4. The quantitative estimate of drug-likeness (QED) is 0.656. The standard InChI is InChI=1S/C22H27ClN2O3S/c1-28-14-13-25(22(27)19-8-5-15-29-19)20(16-9-11-17(23)12-10-16)21(26)24-18-6-3-2-4-7-18/h5,8-12,15,18,20H,2-4,6-7,13-14H2,1H3,(H,24,26). The third kappa shape index (κ3) is 5.81. The molecule has 0 bridgehead atoms. The van der Waals surface area contributed by atoms with Crippen LogP contribution in [0.1, 0.15) is 53.4 Å². The Morgan fingerprint density at radius 2 is 1.93 bits per heavy atom. The zero-order valence-electron chi connectivity index (χ0n) is 16.6. The van der Waals surface area contributed by atoms with Crippen molar-refractivity contribution in [1.82, 2.24) is 10.2 Å². The molecule has 1 aliphatic rings. The molecule has 2 amide bonds. The van der Waals surface area contributed by atoms with Crippen molar-refractivity contribution in [2.45, 2.75) is 44.2 Å². The van der Waals surface area contributed by atoms with Crippen LogP contribution < -0.4 is 5.32 Å². The fourth-order valence-corrected chi connectivity index (χ4v) is 4.53. The first kappa shape index (κ1) is 21.8. The third-order valence-corrected chi connectivity index (χ3v) is 6.34. The monoisotopic (exact) mass is 434 g/mol. The second kappa shape index (κ2) is 10.8. The number of methoxy groups -OCH3 is 1. The predicted molar refractivity (Wildman–Crippen MR) is 116 cm³/mol. The number of nitrogens with one attached hydrogen (secondary N) is 1. The lowest BCUT2D eigenvalue weighted by Crippen LogP contribution is -2.47. The number of rotatable bonds is 8. The number of carbonyl (C=O) groups is 2. The Morgan fingerprint density at radius 3 is 2.55 bits per heavy atom. The van der Waals surface area contributed by atoms with Crippen molar-refractivity contribution in [3.8, 4) is 0 Å². The summed E-state index contributed by atoms with van der Waals surface area (Å²) in [5.41, 5.74) is 0.740. The van der Waals surface area contributed by atoms with Gasteiger partial charge in [0.25, 0.3) is 5.91 Å². The summed E-state index contributed by atoms with van der Waals surface area (Å²) in [6, 6.07) is 10.2. The van der Waals surface area contributed by atoms with Gasteiger partial charge in [0.15, 0.2) is 0 Å². The van der Waals surface area contributed by atoms with Gasteiger partial charge in [-0.05, 0) is 42.0 Å². The van der Waals surface area contributed by atoms with Gasteiger partial charge in [0.1, 0.15) is 6.04 Å². The maximum Gasteiger partial charge on any atom is 0.264 e. The van der Waals surface area contributed by atoms with Gasteiger partial charge in [-0.25, -0.2) is 0 Å². The fourth-order valence-electron chi connectivity index (χ4n) is 3.72. The van der Waals surface area contributed by atoms with E-state index in [-0.39, 0.29) is 17.9 Å². The second-order valence-electron chi connectivity index (χ2n) is 7.27. The van der Waals surface area contributed by atoms with Gasteiger partial charge in [0.2, 0.25) is 5.91 Å². The van der Waals surface area contributed by atoms with Crippen LogP contribution in [-0.2, 0) is 9.53 Å². The molecule has 0 saturated heterocycles. The van der Waals surface area contributed by atoms with E-state index in [4.69, 9.17) is 16.3 Å². The lowest BCUT2D eigenvalue weighted by atomic mass is 9.94. The lowest BCUT2D eigenvalue weighted by Gasteiger charge is -2.33. The highest BCUT2D eigenvalue weighted by molar-refractivity contribution is 7.12. The number of carbonyl (C=O) groups excluding carboxylic acids is 2. The SMILES string of the molecule is COCCN(C(=O)c1cccs1)C(C(=O)NC1CCCCC1)c1ccc(Cl)cc1. The van der Waals surface area contributed by atoms with Crippen LogP contribution in [0.3, 0.4) is 0 Å². The van der Waals surface area contributed by atoms with E-state index in [9.17, 15) is 9.59 Å². The molecule has 0 aliphatic heterocycles. The summed E-state index contributed by atoms with van der Waals surface area (Å²) in [5, 5.41) is 5.64. The second-order valence-corrected chi connectivity index (χ2v) is 8.65. The number of benzene rings is 1. The van der Waals surface area contributed by atoms with Gasteiger partial charge in [-0.15, -0.1) is 11.3 Å². The van der Waals surface area contributed by atoms with Crippen LogP contribution in [0.5, 0.6) is 0 Å². The zero-order valence-corrected chi connectivity index (χ0v) is 18.2. The third-order valence-electron chi connectivity index (χ3n) is 5.23. The van der Waals surface area contributed by atoms with Gasteiger partial charge >= 0.3 is 0 Å². The fraction of sp³-hybridized carbons (Fsp3) is 0.455. The Kier molecular flexibility index (Phi) is 8.09. The zero-order chi connectivity index (χ0) is 20.6. The Bertz CT molecular complexity index is 789. The van der Waals surface area contributed by atoms with Gasteiger partial charge in [0, 0.05) is 24.7 Å². The Balaban J connectivity index is 1.92. The highest BCUT2D eigenvalue weighted by Crippen LogP contribution is 2.27. The molecule has 1 heterocycles. The molecule has 0 radical (unpaired) electrons. The highest BCUT2D eigenvalue weighted by atomic mass is 35.5. The average Bonchev–Trinajstić information content (AvgIpc) is 3.27. The van der Waals surface area contributed by atoms with Crippen molar-refractivity contribution in [2.24, 2.45) is 0 Å². The maximum absolute atomic E-state index is 13.4. The minimum atomic E-state index is -0.737. The van der Waals surface area contributed by atoms with Crippen molar-refractivity contribution in [2.75, 3.05) is 20.3 Å². The number of amides is 2. The molecule has 1 aromatic heterocycles. The summed E-state index contributed by atoms with van der Waals surface area (Å²) in [6.07, 6.45) is 5.42. The molecular formula is C22H27ClN2O3S. The molecule has 1 atom stereocenters. The minimum absolute atomic E-state index is 0.153. The van der Waals surface area contributed by atoms with Gasteiger partial charge in [0.05, 0.1) is 11.5 Å². The molecule has 1 N–H and O–H groups in total. The van der Waals surface area contributed by atoms with Crippen molar-refractivity contribution in [3.63, 3.8) is 0 Å². The topological polar surface area (TPSA) is 58.6 Å². The maximum atomic E-state index is 13.4. The first-order valence-corrected chi connectivity index (χ1v) is 11.2. The molecule has 5 nitrogen and oxygen atoms in total. The van der Waals surface area contributed by atoms with E-state index < -0.39 is 6.04 Å². The van der Waals surface area contributed by atoms with E-state index in [1.165, 1.54) is 17.8 Å². The molecule has 0 spiro atoms. The smallest absolute Gasteiger partial charge is 0.264 e. The normalized spacial score (nSPS) is 15.7. The number of ether oxygens (including phenoxy) is 1. The molecule has 156 valence electrons. The minimum Gasteiger partial charge on any atom is -0.383 e. The lowest BCUT2D eigenvalue weighted by molar-refractivity contribution is -0.127. The summed E-state index contributed by atoms with van der Waals surface area (Å²) in [7, 11) is 1.59. The molecule has 7 heteroatoms. The number of thiophene rings is 1. The first-order valence-electron chi connectivity index (χ1n) is 9.99. The average molecular weight is 435 g/mol. The van der Waals surface area contributed by atoms with Gasteiger partial charge in [-0.3, -0.25) is 9.59 Å². The number of nitrogens with zero attached hydrogens (tertiary/aromatic N) is 1. The van der Waals surface area contributed by atoms with Crippen molar-refractivity contribution in [1.29, 1.82) is 0 Å². The molecule has 1 saturated carbocycles. The van der Waals surface area contributed by atoms with Crippen molar-refractivity contribution in [3.05, 3.63) is 57.2 Å². The largest absolute Gasteiger partial charge is 0.383 e. The summed E-state index contributed by atoms with van der Waals surface area (Å²) >= 11 is 7.43. The molecule has 1 aliphatic carbocycles. The summed E-state index contributed by atoms with van der Waals surface area (Å²) in [5.74, 6) is -0.323. The molecule has 1 aromatic carbocycles. The summed E-state index contributed by atoms with van der Waals surface area (Å²) in [6.45, 7) is 0.663. The van der Waals surface area contributed by atoms with Crippen LogP contribution in [-0.4, -0.2) is 43.0 Å². The van der Waals surface area contributed by atoms with Gasteiger partial charge in [-0.1, -0.05) is 49.1 Å². The molecule has 29 heavy (non-hydrogen) atoms. The Hall–Kier alpha value is -1.89. The summed E-state index contributed by atoms with van der Waals surface area (Å²) < 4.78 is 5.23. The van der Waals surface area contributed by atoms with Crippen molar-refractivity contribution >= 4 is 34.8 Å². The van der Waals surface area contributed by atoms with E-state index in [1.54, 1.807) is 30.2 Å². The van der Waals surface area contributed by atoms with Crippen LogP contribution in [0, 0.1) is 0 Å². The van der Waals surface area contributed by atoms with E-state index in [2.05, 4.69) is 5.32 Å².